The quantitative estimate of drug-likeness (QED) is 0.440. The smallest absolute Gasteiger partial charge is 0.251 e. The minimum Gasteiger partial charge on any atom is -0.352 e. The highest BCUT2D eigenvalue weighted by Gasteiger charge is 2.21. The predicted molar refractivity (Wildman–Crippen MR) is 70.3 cm³/mol. The largest absolute Gasteiger partial charge is 0.352 e. The Bertz CT molecular complexity index is 503. The second-order valence-corrected chi connectivity index (χ2v) is 4.54. The fraction of sp³-hybridized carbons (Fsp3) is 0.417. The van der Waals surface area contributed by atoms with Crippen LogP contribution >= 0.6 is 0 Å². The molecule has 1 aliphatic heterocycles. The molecule has 0 bridgehead atoms. The second kappa shape index (κ2) is 5.66. The maximum absolute atomic E-state index is 12.0. The fourth-order valence-corrected chi connectivity index (χ4v) is 2.02. The Labute approximate surface area is 110 Å². The van der Waals surface area contributed by atoms with Crippen molar-refractivity contribution < 1.29 is 9.59 Å². The van der Waals surface area contributed by atoms with E-state index in [0.717, 1.165) is 6.42 Å². The van der Waals surface area contributed by atoms with Crippen LogP contribution in [0.15, 0.2) is 12.1 Å². The number of hydrazine groups is 1. The number of anilines is 1. The summed E-state index contributed by atoms with van der Waals surface area (Å²) >= 11 is 0. The number of hydrogen-bond acceptors (Lipinski definition) is 5. The minimum absolute atomic E-state index is 0.0199. The highest BCUT2D eigenvalue weighted by Crippen LogP contribution is 2.10. The van der Waals surface area contributed by atoms with Gasteiger partial charge in [-0.15, -0.1) is 0 Å². The zero-order chi connectivity index (χ0) is 13.8. The van der Waals surface area contributed by atoms with Gasteiger partial charge >= 0.3 is 0 Å². The van der Waals surface area contributed by atoms with Gasteiger partial charge in [-0.3, -0.25) is 9.59 Å². The van der Waals surface area contributed by atoms with Gasteiger partial charge in [-0.25, -0.2) is 10.8 Å². The Hall–Kier alpha value is -2.15. The SMILES string of the molecule is Cc1cc(C(=O)NCC2CCC(=O)N2)cc(NN)n1. The lowest BCUT2D eigenvalue weighted by molar-refractivity contribution is -0.119. The normalized spacial score (nSPS) is 18.0. The van der Waals surface area contributed by atoms with Crippen LogP contribution in [0.25, 0.3) is 0 Å². The number of nitrogens with zero attached hydrogens (tertiary/aromatic N) is 1. The number of aryl methyl sites for hydroxylation is 1. The maximum Gasteiger partial charge on any atom is 0.251 e. The van der Waals surface area contributed by atoms with Crippen molar-refractivity contribution in [2.24, 2.45) is 5.84 Å². The zero-order valence-corrected chi connectivity index (χ0v) is 10.7. The molecule has 1 aromatic heterocycles. The van der Waals surface area contributed by atoms with Gasteiger partial charge in [0.2, 0.25) is 5.91 Å². The average Bonchev–Trinajstić information content (AvgIpc) is 2.81. The van der Waals surface area contributed by atoms with E-state index < -0.39 is 0 Å². The molecule has 1 aliphatic rings. The van der Waals surface area contributed by atoms with Crippen LogP contribution in [0.5, 0.6) is 0 Å². The molecule has 2 amide bonds. The number of nitrogens with one attached hydrogen (secondary N) is 3. The minimum atomic E-state index is -0.205. The number of nitrogen functional groups attached to an aromatic ring is 1. The monoisotopic (exact) mass is 263 g/mol. The lowest BCUT2D eigenvalue weighted by atomic mass is 10.2. The van der Waals surface area contributed by atoms with Gasteiger partial charge in [-0.2, -0.15) is 0 Å². The van der Waals surface area contributed by atoms with E-state index in [9.17, 15) is 9.59 Å². The third-order valence-electron chi connectivity index (χ3n) is 2.96. The Kier molecular flexibility index (Phi) is 3.96. The second-order valence-electron chi connectivity index (χ2n) is 4.54. The first-order valence-electron chi connectivity index (χ1n) is 6.11. The summed E-state index contributed by atoms with van der Waals surface area (Å²) in [5.41, 5.74) is 3.61. The van der Waals surface area contributed by atoms with E-state index in [1.165, 1.54) is 0 Å². The summed E-state index contributed by atoms with van der Waals surface area (Å²) in [6.45, 7) is 2.21. The Morgan fingerprint density at radius 1 is 1.58 bits per heavy atom. The van der Waals surface area contributed by atoms with Crippen LogP contribution in [0.4, 0.5) is 5.82 Å². The molecule has 1 aromatic rings. The first-order chi connectivity index (χ1) is 9.08. The molecule has 1 atom stereocenters. The van der Waals surface area contributed by atoms with Crippen molar-refractivity contribution >= 4 is 17.6 Å². The Morgan fingerprint density at radius 3 is 3.00 bits per heavy atom. The van der Waals surface area contributed by atoms with E-state index in [2.05, 4.69) is 21.0 Å². The van der Waals surface area contributed by atoms with E-state index in [1.807, 2.05) is 0 Å². The fourth-order valence-electron chi connectivity index (χ4n) is 2.02. The van der Waals surface area contributed by atoms with Crippen molar-refractivity contribution in [3.8, 4) is 0 Å². The van der Waals surface area contributed by atoms with E-state index in [1.54, 1.807) is 19.1 Å². The molecule has 0 aliphatic carbocycles. The van der Waals surface area contributed by atoms with Crippen molar-refractivity contribution in [3.05, 3.63) is 23.4 Å². The third kappa shape index (κ3) is 3.41. The molecule has 2 heterocycles. The van der Waals surface area contributed by atoms with E-state index in [0.29, 0.717) is 30.0 Å². The Balaban J connectivity index is 1.96. The summed E-state index contributed by atoms with van der Waals surface area (Å²) in [6, 6.07) is 3.28. The van der Waals surface area contributed by atoms with E-state index in [4.69, 9.17) is 5.84 Å². The van der Waals surface area contributed by atoms with Crippen molar-refractivity contribution in [2.75, 3.05) is 12.0 Å². The van der Waals surface area contributed by atoms with Gasteiger partial charge in [0.25, 0.3) is 5.91 Å². The molecule has 1 unspecified atom stereocenters. The molecule has 19 heavy (non-hydrogen) atoms. The van der Waals surface area contributed by atoms with E-state index in [-0.39, 0.29) is 17.9 Å². The van der Waals surface area contributed by atoms with Crippen molar-refractivity contribution in [3.63, 3.8) is 0 Å². The highest BCUT2D eigenvalue weighted by atomic mass is 16.2. The lowest BCUT2D eigenvalue weighted by Crippen LogP contribution is -2.38. The van der Waals surface area contributed by atoms with Crippen molar-refractivity contribution in [1.29, 1.82) is 0 Å². The summed E-state index contributed by atoms with van der Waals surface area (Å²) in [7, 11) is 0. The van der Waals surface area contributed by atoms with Crippen LogP contribution in [0.2, 0.25) is 0 Å². The van der Waals surface area contributed by atoms with Gasteiger partial charge in [-0.05, 0) is 25.5 Å². The third-order valence-corrected chi connectivity index (χ3v) is 2.96. The summed E-state index contributed by atoms with van der Waals surface area (Å²) in [5, 5.41) is 5.59. The first-order valence-corrected chi connectivity index (χ1v) is 6.11. The molecule has 1 saturated heterocycles. The molecule has 7 nitrogen and oxygen atoms in total. The molecular formula is C12H17N5O2. The Morgan fingerprint density at radius 2 is 2.37 bits per heavy atom. The zero-order valence-electron chi connectivity index (χ0n) is 10.7. The van der Waals surface area contributed by atoms with Gasteiger partial charge in [-0.1, -0.05) is 0 Å². The maximum atomic E-state index is 12.0. The number of pyridine rings is 1. The molecule has 0 aromatic carbocycles. The molecule has 0 radical (unpaired) electrons. The molecule has 5 N–H and O–H groups in total. The van der Waals surface area contributed by atoms with Gasteiger partial charge < -0.3 is 16.1 Å². The van der Waals surface area contributed by atoms with Crippen LogP contribution in [0.1, 0.15) is 28.9 Å². The highest BCUT2D eigenvalue weighted by molar-refractivity contribution is 5.95. The molecule has 2 rings (SSSR count). The average molecular weight is 263 g/mol. The topological polar surface area (TPSA) is 109 Å². The van der Waals surface area contributed by atoms with Gasteiger partial charge in [0.15, 0.2) is 0 Å². The summed E-state index contributed by atoms with van der Waals surface area (Å²) in [5.74, 6) is 5.56. The van der Waals surface area contributed by atoms with Crippen LogP contribution in [0.3, 0.4) is 0 Å². The number of amides is 2. The number of hydrogen-bond donors (Lipinski definition) is 4. The lowest BCUT2D eigenvalue weighted by Gasteiger charge is -2.12. The predicted octanol–water partition coefficient (Wildman–Crippen LogP) is -0.316. The summed E-state index contributed by atoms with van der Waals surface area (Å²) in [4.78, 5) is 27.1. The van der Waals surface area contributed by atoms with E-state index >= 15 is 0 Å². The number of rotatable bonds is 4. The standard InChI is InChI=1S/C12H17N5O2/c1-7-4-8(5-10(15-7)17-13)12(19)14-6-9-2-3-11(18)16-9/h4-5,9H,2-3,6,13H2,1H3,(H,14,19)(H,15,17)(H,16,18). The van der Waals surface area contributed by atoms with Crippen LogP contribution in [0, 0.1) is 6.92 Å². The summed E-state index contributed by atoms with van der Waals surface area (Å²) in [6.07, 6.45) is 1.28. The molecule has 0 saturated carbocycles. The van der Waals surface area contributed by atoms with Crippen molar-refractivity contribution in [2.45, 2.75) is 25.8 Å². The van der Waals surface area contributed by atoms with Crippen LogP contribution in [-0.4, -0.2) is 29.4 Å². The van der Waals surface area contributed by atoms with Gasteiger partial charge in [0.1, 0.15) is 5.82 Å². The molecule has 1 fully saturated rings. The summed E-state index contributed by atoms with van der Waals surface area (Å²) < 4.78 is 0. The number of carbonyl (C=O) groups is 2. The molecule has 102 valence electrons. The number of carbonyl (C=O) groups excluding carboxylic acids is 2. The molecular weight excluding hydrogens is 246 g/mol. The number of nitrogens with two attached hydrogens (primary N) is 1. The molecule has 7 heteroatoms. The van der Waals surface area contributed by atoms with Crippen molar-refractivity contribution in [1.82, 2.24) is 15.6 Å². The number of aromatic nitrogens is 1. The van der Waals surface area contributed by atoms with Gasteiger partial charge in [0.05, 0.1) is 0 Å². The molecule has 0 spiro atoms. The van der Waals surface area contributed by atoms with Gasteiger partial charge in [0, 0.05) is 30.3 Å². The van der Waals surface area contributed by atoms with Crippen LogP contribution < -0.4 is 21.9 Å². The first kappa shape index (κ1) is 13.3. The van der Waals surface area contributed by atoms with Crippen LogP contribution in [-0.2, 0) is 4.79 Å².